The molecule has 0 saturated carbocycles. The maximum Gasteiger partial charge on any atom is 0.242 e. The molecule has 0 aromatic carbocycles. The highest BCUT2D eigenvalue weighted by molar-refractivity contribution is 7.91. The standard InChI is InChI=1S/C10H17N5O3S/c11-3-1-8-5-15(14-13-8)6-10(16)12-9-2-4-19(17,18)7-9/h5,9H,1-4,6-7,11H2,(H,12,16). The van der Waals surface area contributed by atoms with Gasteiger partial charge in [-0.1, -0.05) is 5.21 Å². The molecule has 106 valence electrons. The van der Waals surface area contributed by atoms with Gasteiger partial charge in [-0.2, -0.15) is 0 Å². The van der Waals surface area contributed by atoms with E-state index in [0.717, 1.165) is 5.69 Å². The van der Waals surface area contributed by atoms with Crippen LogP contribution >= 0.6 is 0 Å². The van der Waals surface area contributed by atoms with E-state index in [1.807, 2.05) is 0 Å². The van der Waals surface area contributed by atoms with Crippen LogP contribution in [0.2, 0.25) is 0 Å². The molecule has 1 amide bonds. The predicted molar refractivity (Wildman–Crippen MR) is 68.0 cm³/mol. The molecule has 0 aliphatic carbocycles. The van der Waals surface area contributed by atoms with Gasteiger partial charge in [-0.15, -0.1) is 5.10 Å². The summed E-state index contributed by atoms with van der Waals surface area (Å²) in [4.78, 5) is 11.7. The Morgan fingerprint density at radius 1 is 1.58 bits per heavy atom. The van der Waals surface area contributed by atoms with Gasteiger partial charge < -0.3 is 11.1 Å². The van der Waals surface area contributed by atoms with Gasteiger partial charge in [0.15, 0.2) is 9.84 Å². The van der Waals surface area contributed by atoms with Crippen molar-refractivity contribution in [2.24, 2.45) is 5.73 Å². The number of carbonyl (C=O) groups excluding carboxylic acids is 1. The largest absolute Gasteiger partial charge is 0.351 e. The van der Waals surface area contributed by atoms with E-state index < -0.39 is 9.84 Å². The minimum atomic E-state index is -2.98. The molecule has 2 rings (SSSR count). The Hall–Kier alpha value is -1.48. The quantitative estimate of drug-likeness (QED) is 0.651. The van der Waals surface area contributed by atoms with E-state index in [1.54, 1.807) is 6.20 Å². The number of amides is 1. The average molecular weight is 287 g/mol. The van der Waals surface area contributed by atoms with Gasteiger partial charge in [0, 0.05) is 18.7 Å². The van der Waals surface area contributed by atoms with Gasteiger partial charge >= 0.3 is 0 Å². The van der Waals surface area contributed by atoms with Gasteiger partial charge in [0.05, 0.1) is 17.2 Å². The molecule has 1 unspecified atom stereocenters. The van der Waals surface area contributed by atoms with Crippen molar-refractivity contribution >= 4 is 15.7 Å². The lowest BCUT2D eigenvalue weighted by Crippen LogP contribution is -2.37. The number of nitrogens with two attached hydrogens (primary N) is 1. The summed E-state index contributed by atoms with van der Waals surface area (Å²) in [5.74, 6) is -0.0949. The van der Waals surface area contributed by atoms with Crippen molar-refractivity contribution in [3.8, 4) is 0 Å². The predicted octanol–water partition coefficient (Wildman–Crippen LogP) is -1.92. The maximum atomic E-state index is 11.7. The van der Waals surface area contributed by atoms with Crippen LogP contribution in [-0.4, -0.2) is 53.4 Å². The van der Waals surface area contributed by atoms with Gasteiger partial charge in [-0.3, -0.25) is 4.79 Å². The number of aromatic nitrogens is 3. The fourth-order valence-corrected chi connectivity index (χ4v) is 3.68. The summed E-state index contributed by atoms with van der Waals surface area (Å²) in [5.41, 5.74) is 6.13. The molecule has 1 aliphatic heterocycles. The fraction of sp³-hybridized carbons (Fsp3) is 0.700. The molecule has 1 saturated heterocycles. The third-order valence-electron chi connectivity index (χ3n) is 2.89. The lowest BCUT2D eigenvalue weighted by molar-refractivity contribution is -0.122. The van der Waals surface area contributed by atoms with E-state index in [-0.39, 0.29) is 30.0 Å². The minimum Gasteiger partial charge on any atom is -0.351 e. The highest BCUT2D eigenvalue weighted by atomic mass is 32.2. The first-order valence-corrected chi connectivity index (χ1v) is 7.89. The van der Waals surface area contributed by atoms with Crippen LogP contribution < -0.4 is 11.1 Å². The Morgan fingerprint density at radius 2 is 2.37 bits per heavy atom. The molecule has 8 nitrogen and oxygen atoms in total. The molecule has 3 N–H and O–H groups in total. The van der Waals surface area contributed by atoms with Crippen LogP contribution in [0, 0.1) is 0 Å². The highest BCUT2D eigenvalue weighted by Gasteiger charge is 2.28. The van der Waals surface area contributed by atoms with Crippen molar-refractivity contribution in [2.45, 2.75) is 25.4 Å². The van der Waals surface area contributed by atoms with Crippen LogP contribution in [-0.2, 0) is 27.6 Å². The topological polar surface area (TPSA) is 120 Å². The average Bonchev–Trinajstić information content (AvgIpc) is 2.86. The van der Waals surface area contributed by atoms with E-state index >= 15 is 0 Å². The zero-order chi connectivity index (χ0) is 13.9. The molecule has 0 spiro atoms. The monoisotopic (exact) mass is 287 g/mol. The molecular formula is C10H17N5O3S. The summed E-state index contributed by atoms with van der Waals surface area (Å²) in [7, 11) is -2.98. The Morgan fingerprint density at radius 3 is 3.00 bits per heavy atom. The number of sulfone groups is 1. The van der Waals surface area contributed by atoms with Gasteiger partial charge in [0.25, 0.3) is 0 Å². The van der Waals surface area contributed by atoms with Crippen LogP contribution in [0.25, 0.3) is 0 Å². The molecule has 1 fully saturated rings. The first kappa shape index (κ1) is 13.9. The van der Waals surface area contributed by atoms with Crippen molar-refractivity contribution in [3.63, 3.8) is 0 Å². The molecule has 1 aliphatic rings. The van der Waals surface area contributed by atoms with E-state index in [2.05, 4.69) is 15.6 Å². The number of rotatable bonds is 5. The number of nitrogens with zero attached hydrogens (tertiary/aromatic N) is 3. The lowest BCUT2D eigenvalue weighted by atomic mass is 10.2. The van der Waals surface area contributed by atoms with E-state index in [9.17, 15) is 13.2 Å². The summed E-state index contributed by atoms with van der Waals surface area (Å²) in [6, 6.07) is -0.287. The highest BCUT2D eigenvalue weighted by Crippen LogP contribution is 2.11. The summed E-state index contributed by atoms with van der Waals surface area (Å²) < 4.78 is 24.0. The van der Waals surface area contributed by atoms with Crippen LogP contribution in [0.4, 0.5) is 0 Å². The number of carbonyl (C=O) groups is 1. The first-order chi connectivity index (χ1) is 8.98. The SMILES string of the molecule is NCCc1cn(CC(=O)NC2CCS(=O)(=O)C2)nn1. The van der Waals surface area contributed by atoms with Crippen molar-refractivity contribution in [1.82, 2.24) is 20.3 Å². The lowest BCUT2D eigenvalue weighted by Gasteiger charge is -2.10. The van der Waals surface area contributed by atoms with Gasteiger partial charge in [-0.25, -0.2) is 13.1 Å². The second kappa shape index (κ2) is 5.66. The zero-order valence-corrected chi connectivity index (χ0v) is 11.3. The molecule has 19 heavy (non-hydrogen) atoms. The number of hydrogen-bond acceptors (Lipinski definition) is 6. The van der Waals surface area contributed by atoms with Crippen molar-refractivity contribution < 1.29 is 13.2 Å². The normalized spacial score (nSPS) is 21.4. The van der Waals surface area contributed by atoms with Gasteiger partial charge in [-0.05, 0) is 13.0 Å². The van der Waals surface area contributed by atoms with Crippen LogP contribution in [0.3, 0.4) is 0 Å². The summed E-state index contributed by atoms with van der Waals surface area (Å²) >= 11 is 0. The van der Waals surface area contributed by atoms with Crippen LogP contribution in [0.1, 0.15) is 12.1 Å². The van der Waals surface area contributed by atoms with Crippen molar-refractivity contribution in [1.29, 1.82) is 0 Å². The Kier molecular flexibility index (Phi) is 4.15. The number of hydrogen-bond donors (Lipinski definition) is 2. The third-order valence-corrected chi connectivity index (χ3v) is 4.66. The maximum absolute atomic E-state index is 11.7. The molecule has 9 heteroatoms. The zero-order valence-electron chi connectivity index (χ0n) is 10.4. The second-order valence-electron chi connectivity index (χ2n) is 4.61. The van der Waals surface area contributed by atoms with Crippen molar-refractivity contribution in [3.05, 3.63) is 11.9 Å². The number of nitrogens with one attached hydrogen (secondary N) is 1. The molecule has 1 aromatic heterocycles. The Balaban J connectivity index is 1.84. The molecule has 0 radical (unpaired) electrons. The summed E-state index contributed by atoms with van der Waals surface area (Å²) in [6.45, 7) is 0.513. The van der Waals surface area contributed by atoms with E-state index in [1.165, 1.54) is 4.68 Å². The van der Waals surface area contributed by atoms with E-state index in [4.69, 9.17) is 5.73 Å². The molecule has 1 atom stereocenters. The van der Waals surface area contributed by atoms with Gasteiger partial charge in [0.2, 0.25) is 5.91 Å². The minimum absolute atomic E-state index is 0.0223. The summed E-state index contributed by atoms with van der Waals surface area (Å²) in [5, 5.41) is 10.4. The molecule has 0 bridgehead atoms. The third kappa shape index (κ3) is 4.00. The van der Waals surface area contributed by atoms with E-state index in [0.29, 0.717) is 19.4 Å². The first-order valence-electron chi connectivity index (χ1n) is 6.07. The second-order valence-corrected chi connectivity index (χ2v) is 6.84. The molecule has 2 heterocycles. The molecular weight excluding hydrogens is 270 g/mol. The van der Waals surface area contributed by atoms with Crippen molar-refractivity contribution in [2.75, 3.05) is 18.1 Å². The van der Waals surface area contributed by atoms with Gasteiger partial charge in [0.1, 0.15) is 6.54 Å². The Labute approximate surface area is 111 Å². The molecule has 1 aromatic rings. The fourth-order valence-electron chi connectivity index (χ4n) is 2.01. The van der Waals surface area contributed by atoms with Crippen LogP contribution in [0.15, 0.2) is 6.20 Å². The summed E-state index contributed by atoms with van der Waals surface area (Å²) in [6.07, 6.45) is 2.75. The Bertz CT molecular complexity index is 553. The smallest absolute Gasteiger partial charge is 0.242 e. The van der Waals surface area contributed by atoms with Crippen LogP contribution in [0.5, 0.6) is 0 Å².